The van der Waals surface area contributed by atoms with Crippen molar-refractivity contribution >= 4 is 11.8 Å². The highest BCUT2D eigenvalue weighted by Gasteiger charge is 2.32. The second-order valence-corrected chi connectivity index (χ2v) is 7.37. The number of hydrogen-bond acceptors (Lipinski definition) is 5. The van der Waals surface area contributed by atoms with Gasteiger partial charge in [0.2, 0.25) is 5.91 Å². The number of carbonyl (C=O) groups excluding carboxylic acids is 2. The molecule has 1 aromatic carbocycles. The highest BCUT2D eigenvalue weighted by molar-refractivity contribution is 5.98. The smallest absolute Gasteiger partial charge is 0.256 e. The van der Waals surface area contributed by atoms with Crippen LogP contribution in [0.15, 0.2) is 30.6 Å². The van der Waals surface area contributed by atoms with E-state index in [9.17, 15) is 9.59 Å². The van der Waals surface area contributed by atoms with Crippen LogP contribution in [0.3, 0.4) is 0 Å². The minimum atomic E-state index is -0.0774. The van der Waals surface area contributed by atoms with Crippen LogP contribution in [0, 0.1) is 12.8 Å². The predicted molar refractivity (Wildman–Crippen MR) is 104 cm³/mol. The van der Waals surface area contributed by atoms with E-state index >= 15 is 0 Å². The third-order valence-corrected chi connectivity index (χ3v) is 5.35. The fourth-order valence-electron chi connectivity index (χ4n) is 3.60. The molecule has 2 aromatic rings. The average molecular weight is 385 g/mol. The molecule has 8 nitrogen and oxygen atoms in total. The molecule has 28 heavy (non-hydrogen) atoms. The van der Waals surface area contributed by atoms with E-state index in [4.69, 9.17) is 4.84 Å². The lowest BCUT2D eigenvalue weighted by atomic mass is 9.90. The summed E-state index contributed by atoms with van der Waals surface area (Å²) in [6.45, 7) is 4.56. The monoisotopic (exact) mass is 385 g/mol. The van der Waals surface area contributed by atoms with E-state index in [-0.39, 0.29) is 23.8 Å². The summed E-state index contributed by atoms with van der Waals surface area (Å²) in [5.41, 5.74) is 2.23. The molecular weight excluding hydrogens is 358 g/mol. The summed E-state index contributed by atoms with van der Waals surface area (Å²) in [6, 6.07) is 5.79. The van der Waals surface area contributed by atoms with Crippen LogP contribution in [0.5, 0.6) is 0 Å². The van der Waals surface area contributed by atoms with Crippen LogP contribution in [0.25, 0.3) is 5.69 Å². The third kappa shape index (κ3) is 4.22. The summed E-state index contributed by atoms with van der Waals surface area (Å²) in [6.07, 6.45) is 5.32. The van der Waals surface area contributed by atoms with Gasteiger partial charge < -0.3 is 4.90 Å². The summed E-state index contributed by atoms with van der Waals surface area (Å²) >= 11 is 0. The van der Waals surface area contributed by atoms with Gasteiger partial charge in [0.1, 0.15) is 0 Å². The quantitative estimate of drug-likeness (QED) is 0.738. The fraction of sp³-hybridized carbons (Fsp3) is 0.500. The van der Waals surface area contributed by atoms with Crippen LogP contribution >= 0.6 is 0 Å². The molecule has 2 heterocycles. The number of piperidine rings is 1. The van der Waals surface area contributed by atoms with Gasteiger partial charge in [0.15, 0.2) is 0 Å². The van der Waals surface area contributed by atoms with Crippen molar-refractivity contribution in [3.8, 4) is 5.69 Å². The standard InChI is InChI=1S/C20H27N5O3/c1-14-5-8-18(25-21-9-10-22-25)17(11-14)20(27)24-13-16(7-6-15(24)2)12-19(26)23(3)28-4/h5,8-11,15-16H,6-7,12-13H2,1-4H3/t15-,16+/m1/s1. The number of rotatable bonds is 5. The van der Waals surface area contributed by atoms with Crippen molar-refractivity contribution < 1.29 is 14.4 Å². The molecule has 0 aliphatic carbocycles. The normalized spacial score (nSPS) is 19.5. The molecule has 1 fully saturated rings. The maximum atomic E-state index is 13.4. The summed E-state index contributed by atoms with van der Waals surface area (Å²) in [7, 11) is 3.08. The van der Waals surface area contributed by atoms with Crippen LogP contribution < -0.4 is 0 Å². The van der Waals surface area contributed by atoms with Gasteiger partial charge in [0.25, 0.3) is 5.91 Å². The van der Waals surface area contributed by atoms with Crippen molar-refractivity contribution in [1.29, 1.82) is 0 Å². The highest BCUT2D eigenvalue weighted by atomic mass is 16.7. The molecule has 1 aliphatic heterocycles. The SMILES string of the molecule is CON(C)C(=O)C[C@@H]1CC[C@@H](C)N(C(=O)c2cc(C)ccc2-n2nccn2)C1. The van der Waals surface area contributed by atoms with E-state index in [1.54, 1.807) is 19.4 Å². The van der Waals surface area contributed by atoms with Crippen LogP contribution in [0.4, 0.5) is 0 Å². The van der Waals surface area contributed by atoms with Gasteiger partial charge in [-0.15, -0.1) is 0 Å². The number of hydrogen-bond donors (Lipinski definition) is 0. The Morgan fingerprint density at radius 2 is 1.96 bits per heavy atom. The minimum Gasteiger partial charge on any atom is -0.336 e. The molecule has 0 N–H and O–H groups in total. The van der Waals surface area contributed by atoms with Crippen molar-refractivity contribution in [1.82, 2.24) is 25.0 Å². The lowest BCUT2D eigenvalue weighted by molar-refractivity contribution is -0.170. The maximum absolute atomic E-state index is 13.4. The zero-order valence-electron chi connectivity index (χ0n) is 16.8. The lowest BCUT2D eigenvalue weighted by Gasteiger charge is -2.38. The predicted octanol–water partition coefficient (Wildman–Crippen LogP) is 2.23. The number of nitrogens with zero attached hydrogens (tertiary/aromatic N) is 5. The lowest BCUT2D eigenvalue weighted by Crippen LogP contribution is -2.46. The van der Waals surface area contributed by atoms with Crippen LogP contribution in [0.2, 0.25) is 0 Å². The summed E-state index contributed by atoms with van der Waals surface area (Å²) in [5, 5.41) is 9.60. The second kappa shape index (κ2) is 8.52. The van der Waals surface area contributed by atoms with Crippen molar-refractivity contribution in [2.75, 3.05) is 20.7 Å². The van der Waals surface area contributed by atoms with Crippen molar-refractivity contribution in [2.45, 2.75) is 39.2 Å². The Morgan fingerprint density at radius 1 is 1.25 bits per heavy atom. The first-order valence-electron chi connectivity index (χ1n) is 9.49. The molecule has 1 saturated heterocycles. The molecule has 0 saturated carbocycles. The first-order chi connectivity index (χ1) is 13.4. The number of likely N-dealkylation sites (tertiary alicyclic amines) is 1. The number of hydroxylamine groups is 2. The second-order valence-electron chi connectivity index (χ2n) is 7.37. The zero-order valence-corrected chi connectivity index (χ0v) is 16.8. The Morgan fingerprint density at radius 3 is 2.64 bits per heavy atom. The molecule has 150 valence electrons. The molecule has 1 aromatic heterocycles. The molecule has 3 rings (SSSR count). The summed E-state index contributed by atoms with van der Waals surface area (Å²) < 4.78 is 0. The highest BCUT2D eigenvalue weighted by Crippen LogP contribution is 2.28. The number of aromatic nitrogens is 3. The van der Waals surface area contributed by atoms with Crippen molar-refractivity contribution in [2.24, 2.45) is 5.92 Å². The Kier molecular flexibility index (Phi) is 6.08. The summed E-state index contributed by atoms with van der Waals surface area (Å²) in [4.78, 5) is 34.0. The van der Waals surface area contributed by atoms with Crippen molar-refractivity contribution in [3.05, 3.63) is 41.7 Å². The molecular formula is C20H27N5O3. The molecule has 8 heteroatoms. The van der Waals surface area contributed by atoms with E-state index in [2.05, 4.69) is 17.1 Å². The van der Waals surface area contributed by atoms with Gasteiger partial charge in [-0.3, -0.25) is 14.4 Å². The minimum absolute atomic E-state index is 0.0549. The van der Waals surface area contributed by atoms with Gasteiger partial charge in [-0.1, -0.05) is 11.6 Å². The Balaban J connectivity index is 1.83. The Bertz CT molecular complexity index is 836. The molecule has 0 unspecified atom stereocenters. The molecule has 1 aliphatic rings. The van der Waals surface area contributed by atoms with Gasteiger partial charge in [0.05, 0.1) is 30.8 Å². The van der Waals surface area contributed by atoms with Crippen LogP contribution in [-0.2, 0) is 9.63 Å². The number of aryl methyl sites for hydroxylation is 1. The van der Waals surface area contributed by atoms with E-state index < -0.39 is 0 Å². The van der Waals surface area contributed by atoms with E-state index in [1.807, 2.05) is 30.0 Å². The molecule has 0 radical (unpaired) electrons. The average Bonchev–Trinajstić information content (AvgIpc) is 3.22. The number of benzene rings is 1. The Labute approximate surface area is 165 Å². The van der Waals surface area contributed by atoms with E-state index in [1.165, 1.54) is 17.0 Å². The van der Waals surface area contributed by atoms with Gasteiger partial charge in [-0.05, 0) is 44.7 Å². The first kappa shape index (κ1) is 20.0. The largest absolute Gasteiger partial charge is 0.336 e. The number of amides is 2. The number of carbonyl (C=O) groups is 2. The van der Waals surface area contributed by atoms with E-state index in [0.717, 1.165) is 18.4 Å². The zero-order chi connectivity index (χ0) is 20.3. The van der Waals surface area contributed by atoms with Crippen LogP contribution in [-0.4, -0.2) is 63.5 Å². The topological polar surface area (TPSA) is 80.6 Å². The fourth-order valence-corrected chi connectivity index (χ4v) is 3.60. The Hall–Kier alpha value is -2.74. The molecule has 2 atom stereocenters. The van der Waals surface area contributed by atoms with Gasteiger partial charge >= 0.3 is 0 Å². The van der Waals surface area contributed by atoms with Gasteiger partial charge in [-0.25, -0.2) is 5.06 Å². The van der Waals surface area contributed by atoms with Crippen LogP contribution in [0.1, 0.15) is 42.1 Å². The van der Waals surface area contributed by atoms with Crippen molar-refractivity contribution in [3.63, 3.8) is 0 Å². The van der Waals surface area contributed by atoms with Gasteiger partial charge in [0, 0.05) is 26.1 Å². The summed E-state index contributed by atoms with van der Waals surface area (Å²) in [5.74, 6) is -0.0199. The maximum Gasteiger partial charge on any atom is 0.256 e. The third-order valence-electron chi connectivity index (χ3n) is 5.35. The first-order valence-corrected chi connectivity index (χ1v) is 9.49. The van der Waals surface area contributed by atoms with Gasteiger partial charge in [-0.2, -0.15) is 15.0 Å². The molecule has 2 amide bonds. The molecule has 0 spiro atoms. The molecule has 0 bridgehead atoms. The van der Waals surface area contributed by atoms with E-state index in [0.29, 0.717) is 24.2 Å².